The van der Waals surface area contributed by atoms with Crippen LogP contribution in [0.25, 0.3) is 10.8 Å². The smallest absolute Gasteiger partial charge is 0.258 e. The van der Waals surface area contributed by atoms with Gasteiger partial charge in [-0.15, -0.1) is 12.4 Å². The van der Waals surface area contributed by atoms with Crippen molar-refractivity contribution in [3.05, 3.63) is 38.2 Å². The van der Waals surface area contributed by atoms with E-state index in [9.17, 15) is 4.79 Å². The summed E-state index contributed by atoms with van der Waals surface area (Å²) in [4.78, 5) is 13.0. The zero-order chi connectivity index (χ0) is 18.6. The highest BCUT2D eigenvalue weighted by Gasteiger charge is 2.19. The van der Waals surface area contributed by atoms with Crippen LogP contribution < -0.4 is 16.0 Å². The Morgan fingerprint density at radius 1 is 1.19 bits per heavy atom. The second kappa shape index (κ2) is 10.4. The number of pyridine rings is 1. The van der Waals surface area contributed by atoms with Crippen LogP contribution in [0, 0.1) is 5.92 Å². The summed E-state index contributed by atoms with van der Waals surface area (Å²) in [6, 6.07) is 3.33. The number of unbranched alkanes of at least 4 members (excludes halogenated alkanes) is 1. The normalized spacial score (nSPS) is 11.0. The molecule has 0 radical (unpaired) electrons. The fourth-order valence-corrected chi connectivity index (χ4v) is 3.09. The van der Waals surface area contributed by atoms with Crippen molar-refractivity contribution in [3.63, 3.8) is 0 Å². The molecule has 1 aromatic carbocycles. The number of rotatable bonds is 8. The average molecular weight is 422 g/mol. The minimum absolute atomic E-state index is 0. The lowest BCUT2D eigenvalue weighted by Gasteiger charge is -2.20. The number of fused-ring (bicyclic) bond motifs is 1. The van der Waals surface area contributed by atoms with Gasteiger partial charge in [-0.05, 0) is 30.9 Å². The summed E-state index contributed by atoms with van der Waals surface area (Å²) in [6.07, 6.45) is 2.83. The lowest BCUT2D eigenvalue weighted by Crippen LogP contribution is -2.27. The highest BCUT2D eigenvalue weighted by Crippen LogP contribution is 2.34. The summed E-state index contributed by atoms with van der Waals surface area (Å²) in [5.74, 6) is 1.12. The van der Waals surface area contributed by atoms with Gasteiger partial charge in [-0.3, -0.25) is 4.79 Å². The van der Waals surface area contributed by atoms with Gasteiger partial charge >= 0.3 is 0 Å². The maximum Gasteiger partial charge on any atom is 0.258 e. The highest BCUT2D eigenvalue weighted by atomic mass is 35.5. The lowest BCUT2D eigenvalue weighted by atomic mass is 10.1. The highest BCUT2D eigenvalue weighted by molar-refractivity contribution is 6.42. The molecule has 146 valence electrons. The summed E-state index contributed by atoms with van der Waals surface area (Å²) < 4.78 is 7.77. The maximum atomic E-state index is 13.0. The van der Waals surface area contributed by atoms with Crippen molar-refractivity contribution >= 4 is 46.4 Å². The monoisotopic (exact) mass is 420 g/mol. The Hall–Kier alpha value is -0.940. The molecule has 1 heterocycles. The summed E-state index contributed by atoms with van der Waals surface area (Å²) in [5.41, 5.74) is 6.61. The predicted octanol–water partition coefficient (Wildman–Crippen LogP) is 5.41. The van der Waals surface area contributed by atoms with Crippen molar-refractivity contribution in [1.82, 2.24) is 4.57 Å². The van der Waals surface area contributed by atoms with Crippen LogP contribution in [0.15, 0.2) is 16.9 Å². The number of aromatic nitrogens is 1. The Labute approximate surface area is 171 Å². The van der Waals surface area contributed by atoms with Gasteiger partial charge in [-0.1, -0.05) is 50.4 Å². The van der Waals surface area contributed by atoms with Gasteiger partial charge in [-0.25, -0.2) is 0 Å². The molecular formula is C19H27Cl3N2O2. The first-order valence-electron chi connectivity index (χ1n) is 8.77. The first kappa shape index (κ1) is 23.1. The van der Waals surface area contributed by atoms with Gasteiger partial charge in [0.15, 0.2) is 0 Å². The van der Waals surface area contributed by atoms with Gasteiger partial charge in [-0.2, -0.15) is 0 Å². The van der Waals surface area contributed by atoms with Crippen molar-refractivity contribution in [3.8, 4) is 5.75 Å². The zero-order valence-electron chi connectivity index (χ0n) is 15.5. The predicted molar refractivity (Wildman–Crippen MR) is 113 cm³/mol. The average Bonchev–Trinajstić information content (AvgIpc) is 2.57. The molecule has 0 aliphatic heterocycles. The second-order valence-electron chi connectivity index (χ2n) is 6.63. The van der Waals surface area contributed by atoms with E-state index in [4.69, 9.17) is 33.7 Å². The minimum atomic E-state index is -0.0995. The standard InChI is InChI=1S/C19H26Cl2N2O2.ClH/c1-4-5-8-25-18-13-9-15(20)16(21)10-14(13)19(24)23(17(18)11-22)7-6-12(2)3;/h9-10,12H,4-8,11,22H2,1-3H3;1H. The number of hydrogen-bond donors (Lipinski definition) is 1. The van der Waals surface area contributed by atoms with Gasteiger partial charge in [0.1, 0.15) is 5.75 Å². The molecule has 0 saturated carbocycles. The Bertz CT molecular complexity index is 804. The molecule has 0 unspecified atom stereocenters. The van der Waals surface area contributed by atoms with Gasteiger partial charge in [0, 0.05) is 18.5 Å². The van der Waals surface area contributed by atoms with E-state index in [2.05, 4.69) is 20.8 Å². The zero-order valence-corrected chi connectivity index (χ0v) is 17.8. The van der Waals surface area contributed by atoms with Gasteiger partial charge in [0.25, 0.3) is 5.56 Å². The molecule has 0 atom stereocenters. The van der Waals surface area contributed by atoms with Crippen LogP contribution >= 0.6 is 35.6 Å². The van der Waals surface area contributed by atoms with E-state index in [0.29, 0.717) is 51.3 Å². The van der Waals surface area contributed by atoms with E-state index in [1.54, 1.807) is 16.7 Å². The number of halogens is 3. The van der Waals surface area contributed by atoms with Crippen LogP contribution in [0.1, 0.15) is 45.7 Å². The first-order chi connectivity index (χ1) is 11.9. The van der Waals surface area contributed by atoms with Crippen molar-refractivity contribution in [2.45, 2.75) is 53.1 Å². The first-order valence-corrected chi connectivity index (χ1v) is 9.53. The molecule has 7 heteroatoms. The van der Waals surface area contributed by atoms with E-state index < -0.39 is 0 Å². The van der Waals surface area contributed by atoms with E-state index in [0.717, 1.165) is 19.3 Å². The van der Waals surface area contributed by atoms with Crippen LogP contribution in [0.3, 0.4) is 0 Å². The Balaban J connectivity index is 0.00000338. The van der Waals surface area contributed by atoms with E-state index in [-0.39, 0.29) is 24.5 Å². The molecule has 0 bridgehead atoms. The van der Waals surface area contributed by atoms with Crippen molar-refractivity contribution in [2.24, 2.45) is 11.7 Å². The van der Waals surface area contributed by atoms with Crippen LogP contribution in [0.5, 0.6) is 5.75 Å². The number of nitrogens with zero attached hydrogens (tertiary/aromatic N) is 1. The second-order valence-corrected chi connectivity index (χ2v) is 7.45. The van der Waals surface area contributed by atoms with Crippen molar-refractivity contribution < 1.29 is 4.74 Å². The van der Waals surface area contributed by atoms with Crippen LogP contribution in [-0.2, 0) is 13.1 Å². The molecule has 0 spiro atoms. The third-order valence-corrected chi connectivity index (χ3v) is 4.96. The van der Waals surface area contributed by atoms with Crippen molar-refractivity contribution in [2.75, 3.05) is 6.61 Å². The molecule has 2 N–H and O–H groups in total. The number of hydrogen-bond acceptors (Lipinski definition) is 3. The molecule has 0 saturated heterocycles. The molecule has 1 aromatic heterocycles. The Morgan fingerprint density at radius 3 is 2.35 bits per heavy atom. The fourth-order valence-electron chi connectivity index (χ4n) is 2.76. The quantitative estimate of drug-likeness (QED) is 0.579. The third-order valence-electron chi connectivity index (χ3n) is 4.24. The van der Waals surface area contributed by atoms with E-state index >= 15 is 0 Å². The molecule has 0 aliphatic carbocycles. The fraction of sp³-hybridized carbons (Fsp3) is 0.526. The van der Waals surface area contributed by atoms with Gasteiger partial charge in [0.2, 0.25) is 0 Å². The van der Waals surface area contributed by atoms with E-state index in [1.807, 2.05) is 0 Å². The minimum Gasteiger partial charge on any atom is -0.491 e. The van der Waals surface area contributed by atoms with Crippen LogP contribution in [0.2, 0.25) is 10.0 Å². The maximum absolute atomic E-state index is 13.0. The van der Waals surface area contributed by atoms with E-state index in [1.165, 1.54) is 0 Å². The molecule has 4 nitrogen and oxygen atoms in total. The summed E-state index contributed by atoms with van der Waals surface area (Å²) in [6.45, 7) is 7.76. The molecule has 26 heavy (non-hydrogen) atoms. The molecular weight excluding hydrogens is 395 g/mol. The molecule has 2 aromatic rings. The molecule has 0 aliphatic rings. The van der Waals surface area contributed by atoms with Crippen molar-refractivity contribution in [1.29, 1.82) is 0 Å². The Morgan fingerprint density at radius 2 is 1.81 bits per heavy atom. The Kier molecular flexibility index (Phi) is 9.25. The lowest BCUT2D eigenvalue weighted by molar-refractivity contribution is 0.305. The summed E-state index contributed by atoms with van der Waals surface area (Å²) in [5, 5.41) is 1.96. The number of benzene rings is 1. The molecule has 0 fully saturated rings. The molecule has 0 amide bonds. The van der Waals surface area contributed by atoms with Gasteiger partial charge < -0.3 is 15.0 Å². The largest absolute Gasteiger partial charge is 0.491 e. The number of ether oxygens (including phenoxy) is 1. The van der Waals surface area contributed by atoms with Gasteiger partial charge in [0.05, 0.1) is 27.7 Å². The summed E-state index contributed by atoms with van der Waals surface area (Å²) in [7, 11) is 0. The number of nitrogens with two attached hydrogens (primary N) is 1. The molecule has 2 rings (SSSR count). The third kappa shape index (κ3) is 5.07. The van der Waals surface area contributed by atoms with Crippen LogP contribution in [0.4, 0.5) is 0 Å². The van der Waals surface area contributed by atoms with Crippen LogP contribution in [-0.4, -0.2) is 11.2 Å². The topological polar surface area (TPSA) is 57.2 Å². The SMILES string of the molecule is CCCCOc1c(CN)n(CCC(C)C)c(=O)c2cc(Cl)c(Cl)cc12.Cl. The summed E-state index contributed by atoms with van der Waals surface area (Å²) >= 11 is 12.3.